The molecule has 4 rings (SSSR count). The van der Waals surface area contributed by atoms with Gasteiger partial charge in [0.15, 0.2) is 0 Å². The Bertz CT molecular complexity index is 1100. The zero-order valence-corrected chi connectivity index (χ0v) is 17.9. The van der Waals surface area contributed by atoms with Gasteiger partial charge in [-0.05, 0) is 55.7 Å². The van der Waals surface area contributed by atoms with E-state index in [1.807, 2.05) is 0 Å². The van der Waals surface area contributed by atoms with E-state index < -0.39 is 46.5 Å². The minimum Gasteiger partial charge on any atom is -0.443 e. The maximum atomic E-state index is 13.5. The predicted octanol–water partition coefficient (Wildman–Crippen LogP) is 4.18. The zero-order valence-electron chi connectivity index (χ0n) is 17.1. The van der Waals surface area contributed by atoms with Crippen molar-refractivity contribution in [2.45, 2.75) is 50.4 Å². The molecule has 31 heavy (non-hydrogen) atoms. The second-order valence-corrected chi connectivity index (χ2v) is 9.15. The lowest BCUT2D eigenvalue weighted by atomic mass is 9.81. The number of anilines is 1. The number of hydrogen-bond acceptors (Lipinski definition) is 6. The summed E-state index contributed by atoms with van der Waals surface area (Å²) in [5.74, 6) is -2.63. The first-order chi connectivity index (χ1) is 14.5. The fraction of sp³-hybridized carbons (Fsp3) is 0.364. The number of ether oxygens (including phenoxy) is 1. The van der Waals surface area contributed by atoms with Crippen LogP contribution in [-0.2, 0) is 9.53 Å². The van der Waals surface area contributed by atoms with E-state index in [9.17, 15) is 24.8 Å². The summed E-state index contributed by atoms with van der Waals surface area (Å²) in [5, 5.41) is 23.0. The van der Waals surface area contributed by atoms with Gasteiger partial charge in [-0.25, -0.2) is 9.69 Å². The number of benzene rings is 2. The molecule has 0 radical (unpaired) electrons. The smallest absolute Gasteiger partial charge is 0.421 e. The highest BCUT2D eigenvalue weighted by Gasteiger charge is 2.57. The molecule has 0 aromatic heterocycles. The molecule has 1 aliphatic carbocycles. The first kappa shape index (κ1) is 21.3. The van der Waals surface area contributed by atoms with Crippen molar-refractivity contribution in [3.05, 3.63) is 74.3 Å². The van der Waals surface area contributed by atoms with E-state index in [1.54, 1.807) is 57.2 Å². The third-order valence-electron chi connectivity index (χ3n) is 5.60. The van der Waals surface area contributed by atoms with Crippen LogP contribution in [0.4, 0.5) is 10.5 Å². The summed E-state index contributed by atoms with van der Waals surface area (Å²) in [6.45, 7) is 5.06. The van der Waals surface area contributed by atoms with Crippen molar-refractivity contribution in [1.29, 1.82) is 0 Å². The van der Waals surface area contributed by atoms with Crippen LogP contribution in [0, 0.1) is 10.1 Å². The van der Waals surface area contributed by atoms with Crippen LogP contribution in [0.5, 0.6) is 0 Å². The van der Waals surface area contributed by atoms with Crippen LogP contribution in [-0.4, -0.2) is 33.7 Å². The number of rotatable bonds is 2. The molecule has 0 unspecified atom stereocenters. The lowest BCUT2D eigenvalue weighted by molar-refractivity contribution is -0.538. The number of hydrogen-bond donors (Lipinski definition) is 1. The van der Waals surface area contributed by atoms with Gasteiger partial charge in [0.05, 0.1) is 17.5 Å². The number of carbonyl (C=O) groups is 2. The third kappa shape index (κ3) is 3.45. The molecule has 1 aliphatic heterocycles. The molecule has 1 N–H and O–H groups in total. The van der Waals surface area contributed by atoms with E-state index in [0.29, 0.717) is 27.4 Å². The minimum atomic E-state index is -1.46. The van der Waals surface area contributed by atoms with Crippen molar-refractivity contribution < 1.29 is 24.4 Å². The van der Waals surface area contributed by atoms with Gasteiger partial charge < -0.3 is 9.84 Å². The fourth-order valence-corrected chi connectivity index (χ4v) is 4.66. The normalized spacial score (nSPS) is 24.7. The Kier molecular flexibility index (Phi) is 5.02. The number of halogens is 1. The maximum absolute atomic E-state index is 13.5. The molecular formula is C22H21ClN2O6. The summed E-state index contributed by atoms with van der Waals surface area (Å²) in [5.41, 5.74) is 0.759. The highest BCUT2D eigenvalue weighted by molar-refractivity contribution is 6.30. The standard InChI is InChI=1S/C22H21ClN2O6/c1-22(2,3)31-21(28)24-15-7-5-4-6-13(15)17(20(24)27)16-12-9-8-11(23)10-14(12)19(26)18(16)25(29)30/h4-10,16-19,26H,1-3H3/t16-,17-,18+,19-/m1/s1. The molecule has 9 heteroatoms. The maximum Gasteiger partial charge on any atom is 0.421 e. The lowest BCUT2D eigenvalue weighted by Gasteiger charge is -2.25. The third-order valence-corrected chi connectivity index (χ3v) is 5.83. The molecular weight excluding hydrogens is 424 g/mol. The molecule has 0 bridgehead atoms. The monoisotopic (exact) mass is 444 g/mol. The average molecular weight is 445 g/mol. The Hall–Kier alpha value is -2.97. The summed E-state index contributed by atoms with van der Waals surface area (Å²) in [4.78, 5) is 38.7. The molecule has 1 heterocycles. The Morgan fingerprint density at radius 3 is 2.48 bits per heavy atom. The van der Waals surface area contributed by atoms with Gasteiger partial charge in [0.25, 0.3) is 6.04 Å². The SMILES string of the molecule is CC(C)(C)OC(=O)N1C(=O)[C@@H]([C@H]2c3ccc(Cl)cc3[C@@H](O)[C@H]2[N+](=O)[O-])c2ccccc21. The molecule has 162 valence electrons. The number of aliphatic hydroxyl groups is 1. The van der Waals surface area contributed by atoms with Crippen LogP contribution in [0.2, 0.25) is 5.02 Å². The summed E-state index contributed by atoms with van der Waals surface area (Å²) >= 11 is 6.04. The van der Waals surface area contributed by atoms with Gasteiger partial charge in [-0.1, -0.05) is 35.9 Å². The second-order valence-electron chi connectivity index (χ2n) is 8.71. The first-order valence-electron chi connectivity index (χ1n) is 9.78. The summed E-state index contributed by atoms with van der Waals surface area (Å²) in [6.07, 6.45) is -2.27. The van der Waals surface area contributed by atoms with Gasteiger partial charge in [-0.3, -0.25) is 14.9 Å². The topological polar surface area (TPSA) is 110 Å². The van der Waals surface area contributed by atoms with Gasteiger partial charge in [0.1, 0.15) is 11.7 Å². The molecule has 0 saturated heterocycles. The number of nitrogens with zero attached hydrogens (tertiary/aromatic N) is 2. The number of fused-ring (bicyclic) bond motifs is 2. The fourth-order valence-electron chi connectivity index (χ4n) is 4.48. The van der Waals surface area contributed by atoms with Gasteiger partial charge in [0, 0.05) is 9.95 Å². The first-order valence-corrected chi connectivity index (χ1v) is 10.2. The Balaban J connectivity index is 1.85. The summed E-state index contributed by atoms with van der Waals surface area (Å²) < 4.78 is 5.41. The van der Waals surface area contributed by atoms with Crippen molar-refractivity contribution in [3.63, 3.8) is 0 Å². The number of amides is 2. The Labute approximate surface area is 183 Å². The highest BCUT2D eigenvalue weighted by atomic mass is 35.5. The molecule has 4 atom stereocenters. The van der Waals surface area contributed by atoms with E-state index in [0.717, 1.165) is 4.90 Å². The van der Waals surface area contributed by atoms with E-state index >= 15 is 0 Å². The Morgan fingerprint density at radius 2 is 1.84 bits per heavy atom. The van der Waals surface area contributed by atoms with Crippen LogP contribution < -0.4 is 4.90 Å². The molecule has 0 saturated carbocycles. The molecule has 2 amide bonds. The molecule has 8 nitrogen and oxygen atoms in total. The van der Waals surface area contributed by atoms with Gasteiger partial charge in [-0.15, -0.1) is 0 Å². The molecule has 0 fully saturated rings. The van der Waals surface area contributed by atoms with Gasteiger partial charge >= 0.3 is 6.09 Å². The van der Waals surface area contributed by atoms with E-state index in [2.05, 4.69) is 0 Å². The number of carbonyl (C=O) groups excluding carboxylic acids is 2. The van der Waals surface area contributed by atoms with Gasteiger partial charge in [-0.2, -0.15) is 0 Å². The second kappa shape index (κ2) is 7.32. The zero-order chi connectivity index (χ0) is 22.7. The van der Waals surface area contributed by atoms with Crippen LogP contribution in [0.25, 0.3) is 0 Å². The van der Waals surface area contributed by atoms with Crippen LogP contribution >= 0.6 is 11.6 Å². The van der Waals surface area contributed by atoms with Crippen molar-refractivity contribution >= 4 is 29.3 Å². The summed E-state index contributed by atoms with van der Waals surface area (Å²) in [6, 6.07) is 9.83. The van der Waals surface area contributed by atoms with Crippen molar-refractivity contribution in [2.75, 3.05) is 4.90 Å². The number of aliphatic hydroxyl groups excluding tert-OH is 1. The highest BCUT2D eigenvalue weighted by Crippen LogP contribution is 2.54. The van der Waals surface area contributed by atoms with Crippen molar-refractivity contribution in [3.8, 4) is 0 Å². The van der Waals surface area contributed by atoms with Gasteiger partial charge in [0.2, 0.25) is 5.91 Å². The molecule has 2 aromatic carbocycles. The van der Waals surface area contributed by atoms with E-state index in [1.165, 1.54) is 6.07 Å². The van der Waals surface area contributed by atoms with Crippen molar-refractivity contribution in [1.82, 2.24) is 0 Å². The van der Waals surface area contributed by atoms with Crippen LogP contribution in [0.15, 0.2) is 42.5 Å². The van der Waals surface area contributed by atoms with Crippen LogP contribution in [0.3, 0.4) is 0 Å². The number of para-hydroxylation sites is 1. The molecule has 2 aliphatic rings. The van der Waals surface area contributed by atoms with E-state index in [-0.39, 0.29) is 0 Å². The Morgan fingerprint density at radius 1 is 1.16 bits per heavy atom. The average Bonchev–Trinajstić information content (AvgIpc) is 3.11. The molecule has 2 aromatic rings. The van der Waals surface area contributed by atoms with Crippen LogP contribution in [0.1, 0.15) is 55.4 Å². The largest absolute Gasteiger partial charge is 0.443 e. The summed E-state index contributed by atoms with van der Waals surface area (Å²) in [7, 11) is 0. The number of imide groups is 1. The quantitative estimate of drug-likeness (QED) is 0.549. The minimum absolute atomic E-state index is 0.320. The number of nitro groups is 1. The lowest BCUT2D eigenvalue weighted by Crippen LogP contribution is -2.42. The molecule has 0 spiro atoms. The predicted molar refractivity (Wildman–Crippen MR) is 113 cm³/mol. The van der Waals surface area contributed by atoms with Crippen molar-refractivity contribution in [2.24, 2.45) is 0 Å². The van der Waals surface area contributed by atoms with E-state index in [4.69, 9.17) is 16.3 Å².